The van der Waals surface area contributed by atoms with Crippen LogP contribution >= 0.6 is 0 Å². The first-order valence-corrected chi connectivity index (χ1v) is 7.14. The molecule has 110 valence electrons. The topological polar surface area (TPSA) is 62.0 Å². The Bertz CT molecular complexity index is 760. The van der Waals surface area contributed by atoms with Crippen molar-refractivity contribution in [3.63, 3.8) is 0 Å². The lowest BCUT2D eigenvalue weighted by Crippen LogP contribution is -2.37. The maximum atomic E-state index is 12.3. The zero-order valence-electron chi connectivity index (χ0n) is 12.0. The summed E-state index contributed by atoms with van der Waals surface area (Å²) >= 11 is 0. The van der Waals surface area contributed by atoms with Crippen LogP contribution in [0.4, 0.5) is 0 Å². The monoisotopic (exact) mass is 292 g/mol. The first kappa shape index (κ1) is 14.1. The van der Waals surface area contributed by atoms with E-state index < -0.39 is 6.04 Å². The number of benzene rings is 2. The van der Waals surface area contributed by atoms with Crippen molar-refractivity contribution in [3.05, 3.63) is 71.9 Å². The molecular formula is C18H16N2O2. The lowest BCUT2D eigenvalue weighted by Gasteiger charge is -2.12. The molecule has 0 saturated carbocycles. The average molecular weight is 292 g/mol. The number of aldehydes is 1. The largest absolute Gasteiger partial charge is 0.351 e. The molecule has 1 aromatic heterocycles. The SMILES string of the molecule is O=CC(Cc1ccccc1)NC(=O)c1cc2ccccc2[nH]1. The Hall–Kier alpha value is -2.88. The first-order valence-electron chi connectivity index (χ1n) is 7.14. The van der Waals surface area contributed by atoms with Gasteiger partial charge in [0.15, 0.2) is 0 Å². The zero-order valence-corrected chi connectivity index (χ0v) is 12.0. The summed E-state index contributed by atoms with van der Waals surface area (Å²) in [4.78, 5) is 26.6. The van der Waals surface area contributed by atoms with Gasteiger partial charge in [-0.1, -0.05) is 48.5 Å². The van der Waals surface area contributed by atoms with Crippen LogP contribution in [0.15, 0.2) is 60.7 Å². The average Bonchev–Trinajstić information content (AvgIpc) is 2.99. The minimum atomic E-state index is -0.540. The van der Waals surface area contributed by atoms with Crippen molar-refractivity contribution in [1.29, 1.82) is 0 Å². The molecule has 1 unspecified atom stereocenters. The molecule has 2 aromatic carbocycles. The van der Waals surface area contributed by atoms with E-state index in [4.69, 9.17) is 0 Å². The molecule has 4 heteroatoms. The fourth-order valence-electron chi connectivity index (χ4n) is 2.44. The van der Waals surface area contributed by atoms with E-state index in [1.54, 1.807) is 6.07 Å². The molecule has 1 heterocycles. The van der Waals surface area contributed by atoms with Gasteiger partial charge in [0.25, 0.3) is 5.91 Å². The number of carbonyl (C=O) groups is 2. The minimum Gasteiger partial charge on any atom is -0.351 e. The molecule has 4 nitrogen and oxygen atoms in total. The second-order valence-corrected chi connectivity index (χ2v) is 5.18. The Balaban J connectivity index is 1.72. The molecule has 0 fully saturated rings. The van der Waals surface area contributed by atoms with E-state index in [1.807, 2.05) is 54.6 Å². The maximum absolute atomic E-state index is 12.3. The minimum absolute atomic E-state index is 0.274. The van der Waals surface area contributed by atoms with Crippen LogP contribution in [0, 0.1) is 0 Å². The number of para-hydroxylation sites is 1. The highest BCUT2D eigenvalue weighted by molar-refractivity contribution is 5.99. The van der Waals surface area contributed by atoms with E-state index in [0.29, 0.717) is 12.1 Å². The number of H-pyrrole nitrogens is 1. The molecular weight excluding hydrogens is 276 g/mol. The second kappa shape index (κ2) is 6.26. The lowest BCUT2D eigenvalue weighted by molar-refractivity contribution is -0.109. The summed E-state index contributed by atoms with van der Waals surface area (Å²) in [5.74, 6) is -0.274. The van der Waals surface area contributed by atoms with E-state index in [0.717, 1.165) is 22.8 Å². The molecule has 0 saturated heterocycles. The molecule has 1 amide bonds. The molecule has 0 aliphatic rings. The summed E-state index contributed by atoms with van der Waals surface area (Å²) in [5.41, 5.74) is 2.37. The van der Waals surface area contributed by atoms with Gasteiger partial charge in [-0.05, 0) is 24.1 Å². The van der Waals surface area contributed by atoms with Crippen molar-refractivity contribution in [3.8, 4) is 0 Å². The Morgan fingerprint density at radius 3 is 2.55 bits per heavy atom. The van der Waals surface area contributed by atoms with Crippen molar-refractivity contribution in [2.75, 3.05) is 0 Å². The van der Waals surface area contributed by atoms with Crippen LogP contribution in [0.3, 0.4) is 0 Å². The number of nitrogens with one attached hydrogen (secondary N) is 2. The fourth-order valence-corrected chi connectivity index (χ4v) is 2.44. The van der Waals surface area contributed by atoms with Gasteiger partial charge in [0.05, 0.1) is 6.04 Å². The smallest absolute Gasteiger partial charge is 0.268 e. The molecule has 22 heavy (non-hydrogen) atoms. The third kappa shape index (κ3) is 3.06. The number of amides is 1. The van der Waals surface area contributed by atoms with Crippen LogP contribution in [-0.2, 0) is 11.2 Å². The van der Waals surface area contributed by atoms with Gasteiger partial charge in [0.2, 0.25) is 0 Å². The number of hydrogen-bond donors (Lipinski definition) is 2. The number of fused-ring (bicyclic) bond motifs is 1. The molecule has 0 radical (unpaired) electrons. The quantitative estimate of drug-likeness (QED) is 0.710. The van der Waals surface area contributed by atoms with Crippen LogP contribution < -0.4 is 5.32 Å². The predicted octanol–water partition coefficient (Wildman–Crippen LogP) is 2.71. The van der Waals surface area contributed by atoms with Crippen LogP contribution in [0.25, 0.3) is 10.9 Å². The summed E-state index contributed by atoms with van der Waals surface area (Å²) in [7, 11) is 0. The molecule has 0 bridgehead atoms. The number of aromatic nitrogens is 1. The van der Waals surface area contributed by atoms with Crippen LogP contribution in [0.5, 0.6) is 0 Å². The molecule has 0 spiro atoms. The third-order valence-corrected chi connectivity index (χ3v) is 3.55. The van der Waals surface area contributed by atoms with Gasteiger partial charge in [-0.3, -0.25) is 4.79 Å². The second-order valence-electron chi connectivity index (χ2n) is 5.18. The van der Waals surface area contributed by atoms with Gasteiger partial charge >= 0.3 is 0 Å². The Labute approximate surface area is 128 Å². The normalized spacial score (nSPS) is 12.0. The molecule has 3 aromatic rings. The predicted molar refractivity (Wildman–Crippen MR) is 85.8 cm³/mol. The van der Waals surface area contributed by atoms with Crippen LogP contribution in [0.2, 0.25) is 0 Å². The number of hydrogen-bond acceptors (Lipinski definition) is 2. The van der Waals surface area contributed by atoms with E-state index in [-0.39, 0.29) is 5.91 Å². The summed E-state index contributed by atoms with van der Waals surface area (Å²) < 4.78 is 0. The Morgan fingerprint density at radius 2 is 1.82 bits per heavy atom. The Morgan fingerprint density at radius 1 is 1.09 bits per heavy atom. The third-order valence-electron chi connectivity index (χ3n) is 3.55. The zero-order chi connectivity index (χ0) is 15.4. The van der Waals surface area contributed by atoms with Crippen LogP contribution in [-0.4, -0.2) is 23.2 Å². The Kier molecular flexibility index (Phi) is 4.01. The number of aromatic amines is 1. The van der Waals surface area contributed by atoms with Crippen LogP contribution in [0.1, 0.15) is 16.1 Å². The van der Waals surface area contributed by atoms with Gasteiger partial charge in [-0.25, -0.2) is 0 Å². The highest BCUT2D eigenvalue weighted by atomic mass is 16.2. The van der Waals surface area contributed by atoms with Crippen molar-refractivity contribution >= 4 is 23.1 Å². The van der Waals surface area contributed by atoms with Gasteiger partial charge in [-0.15, -0.1) is 0 Å². The first-order chi connectivity index (χ1) is 10.8. The van der Waals surface area contributed by atoms with Crippen molar-refractivity contribution in [2.45, 2.75) is 12.5 Å². The van der Waals surface area contributed by atoms with E-state index >= 15 is 0 Å². The van der Waals surface area contributed by atoms with Gasteiger partial charge in [0.1, 0.15) is 12.0 Å². The molecule has 0 aliphatic heterocycles. The summed E-state index contributed by atoms with van der Waals surface area (Å²) in [5, 5.41) is 3.72. The van der Waals surface area contributed by atoms with Gasteiger partial charge in [0, 0.05) is 10.9 Å². The molecule has 2 N–H and O–H groups in total. The van der Waals surface area contributed by atoms with Gasteiger partial charge in [-0.2, -0.15) is 0 Å². The van der Waals surface area contributed by atoms with E-state index in [1.165, 1.54) is 0 Å². The summed E-state index contributed by atoms with van der Waals surface area (Å²) in [6, 6.07) is 18.5. The van der Waals surface area contributed by atoms with Crippen molar-refractivity contribution < 1.29 is 9.59 Å². The highest BCUT2D eigenvalue weighted by Gasteiger charge is 2.15. The summed E-state index contributed by atoms with van der Waals surface area (Å²) in [6.45, 7) is 0. The molecule has 3 rings (SSSR count). The fraction of sp³-hybridized carbons (Fsp3) is 0.111. The van der Waals surface area contributed by atoms with E-state index in [9.17, 15) is 9.59 Å². The lowest BCUT2D eigenvalue weighted by atomic mass is 10.1. The van der Waals surface area contributed by atoms with Crippen molar-refractivity contribution in [2.24, 2.45) is 0 Å². The summed E-state index contributed by atoms with van der Waals surface area (Å²) in [6.07, 6.45) is 1.25. The number of rotatable bonds is 5. The van der Waals surface area contributed by atoms with E-state index in [2.05, 4.69) is 10.3 Å². The molecule has 1 atom stereocenters. The standard InChI is InChI=1S/C18H16N2O2/c21-12-15(10-13-6-2-1-3-7-13)19-18(22)17-11-14-8-4-5-9-16(14)20-17/h1-9,11-12,15,20H,10H2,(H,19,22). The maximum Gasteiger partial charge on any atom is 0.268 e. The van der Waals surface area contributed by atoms with Crippen molar-refractivity contribution in [1.82, 2.24) is 10.3 Å². The number of carbonyl (C=O) groups excluding carboxylic acids is 2. The highest BCUT2D eigenvalue weighted by Crippen LogP contribution is 2.14. The molecule has 0 aliphatic carbocycles. The van der Waals surface area contributed by atoms with Gasteiger partial charge < -0.3 is 15.1 Å².